The van der Waals surface area contributed by atoms with E-state index in [1.165, 1.54) is 0 Å². The highest BCUT2D eigenvalue weighted by atomic mass is 32.1. The molecule has 0 unspecified atom stereocenters. The van der Waals surface area contributed by atoms with Gasteiger partial charge < -0.3 is 4.74 Å². The Hall–Kier alpha value is -3.19. The van der Waals surface area contributed by atoms with E-state index in [1.54, 1.807) is 60.2 Å². The molecule has 1 N–H and O–H groups in total. The summed E-state index contributed by atoms with van der Waals surface area (Å²) in [6.07, 6.45) is 0.838. The van der Waals surface area contributed by atoms with E-state index in [-0.39, 0.29) is 24.7 Å². The van der Waals surface area contributed by atoms with Gasteiger partial charge in [-0.2, -0.15) is 0 Å². The predicted molar refractivity (Wildman–Crippen MR) is 112 cm³/mol. The van der Waals surface area contributed by atoms with E-state index >= 15 is 0 Å². The minimum absolute atomic E-state index is 0.236. The van der Waals surface area contributed by atoms with Gasteiger partial charge in [-0.1, -0.05) is 24.3 Å². The summed E-state index contributed by atoms with van der Waals surface area (Å²) in [5, 5.41) is 1.95. The number of hydrogen-bond acceptors (Lipinski definition) is 5. The lowest BCUT2D eigenvalue weighted by atomic mass is 10.1. The molecule has 1 aromatic carbocycles. The SMILES string of the molecule is Cc1cc(C(=O)COC(=O)CCc2cccs2)c(C)n1NC(=O)c1ccccc1. The molecule has 29 heavy (non-hydrogen) atoms. The highest BCUT2D eigenvalue weighted by Gasteiger charge is 2.19. The zero-order valence-corrected chi connectivity index (χ0v) is 17.1. The Kier molecular flexibility index (Phi) is 6.61. The van der Waals surface area contributed by atoms with Crippen molar-refractivity contribution in [3.05, 3.63) is 81.3 Å². The Bertz CT molecular complexity index is 1010. The second-order valence-electron chi connectivity index (χ2n) is 6.59. The summed E-state index contributed by atoms with van der Waals surface area (Å²) >= 11 is 1.58. The van der Waals surface area contributed by atoms with Crippen LogP contribution in [-0.4, -0.2) is 28.9 Å². The lowest BCUT2D eigenvalue weighted by molar-refractivity contribution is -0.142. The molecule has 0 saturated carbocycles. The van der Waals surface area contributed by atoms with Gasteiger partial charge in [-0.3, -0.25) is 24.5 Å². The Balaban J connectivity index is 1.59. The Morgan fingerprint density at radius 2 is 1.83 bits per heavy atom. The summed E-state index contributed by atoms with van der Waals surface area (Å²) in [6, 6.07) is 14.4. The maximum Gasteiger partial charge on any atom is 0.306 e. The number of aromatic nitrogens is 1. The molecule has 0 saturated heterocycles. The number of Topliss-reactive ketones (excluding diaryl/α,β-unsaturated/α-hetero) is 1. The molecule has 0 spiro atoms. The van der Waals surface area contributed by atoms with Crippen LogP contribution in [0.4, 0.5) is 0 Å². The molecule has 0 atom stereocenters. The van der Waals surface area contributed by atoms with Gasteiger partial charge in [0, 0.05) is 27.4 Å². The second kappa shape index (κ2) is 9.34. The molecule has 0 aliphatic heterocycles. The predicted octanol–water partition coefficient (Wildman–Crippen LogP) is 3.91. The summed E-state index contributed by atoms with van der Waals surface area (Å²) < 4.78 is 6.70. The monoisotopic (exact) mass is 410 g/mol. The summed E-state index contributed by atoms with van der Waals surface area (Å²) in [5.74, 6) is -0.980. The number of thiophene rings is 1. The van der Waals surface area contributed by atoms with E-state index in [2.05, 4.69) is 5.43 Å². The Morgan fingerprint density at radius 1 is 1.07 bits per heavy atom. The normalized spacial score (nSPS) is 10.6. The number of rotatable bonds is 8. The lowest BCUT2D eigenvalue weighted by Gasteiger charge is -2.11. The number of nitrogens with one attached hydrogen (secondary N) is 1. The Labute approximate surface area is 173 Å². The number of amides is 1. The average Bonchev–Trinajstić information content (AvgIpc) is 3.34. The first-order valence-electron chi connectivity index (χ1n) is 9.22. The summed E-state index contributed by atoms with van der Waals surface area (Å²) in [6.45, 7) is 3.21. The molecular formula is C22H22N2O4S. The lowest BCUT2D eigenvalue weighted by Crippen LogP contribution is -2.25. The molecular weight excluding hydrogens is 388 g/mol. The topological polar surface area (TPSA) is 77.4 Å². The first-order chi connectivity index (χ1) is 14.0. The molecule has 0 aliphatic carbocycles. The van der Waals surface area contributed by atoms with Crippen LogP contribution in [0.2, 0.25) is 0 Å². The van der Waals surface area contributed by atoms with Crippen molar-refractivity contribution in [3.8, 4) is 0 Å². The van der Waals surface area contributed by atoms with Crippen LogP contribution in [0, 0.1) is 13.8 Å². The number of ether oxygens (including phenoxy) is 1. The fourth-order valence-corrected chi connectivity index (χ4v) is 3.66. The third-order valence-electron chi connectivity index (χ3n) is 4.50. The van der Waals surface area contributed by atoms with Crippen molar-refractivity contribution in [1.29, 1.82) is 0 Å². The van der Waals surface area contributed by atoms with Crippen LogP contribution in [0.3, 0.4) is 0 Å². The smallest absolute Gasteiger partial charge is 0.306 e. The summed E-state index contributed by atoms with van der Waals surface area (Å²) in [7, 11) is 0. The first-order valence-corrected chi connectivity index (χ1v) is 10.1. The zero-order chi connectivity index (χ0) is 20.8. The van der Waals surface area contributed by atoms with E-state index in [1.807, 2.05) is 23.6 Å². The fraction of sp³-hybridized carbons (Fsp3) is 0.227. The van der Waals surface area contributed by atoms with Crippen LogP contribution in [0.1, 0.15) is 43.4 Å². The molecule has 150 valence electrons. The molecule has 0 bridgehead atoms. The van der Waals surface area contributed by atoms with Gasteiger partial charge in [0.2, 0.25) is 5.78 Å². The van der Waals surface area contributed by atoms with Crippen molar-refractivity contribution < 1.29 is 19.1 Å². The standard InChI is InChI=1S/C22H22N2O4S/c1-15-13-19(16(2)24(15)23-22(27)17-7-4-3-5-8-17)20(25)14-28-21(26)11-10-18-9-6-12-29-18/h3-9,12-13H,10-11,14H2,1-2H3,(H,23,27). The van der Waals surface area contributed by atoms with Gasteiger partial charge in [0.1, 0.15) is 0 Å². The van der Waals surface area contributed by atoms with Crippen LogP contribution in [0.25, 0.3) is 0 Å². The van der Waals surface area contributed by atoms with Crippen molar-refractivity contribution in [3.63, 3.8) is 0 Å². The van der Waals surface area contributed by atoms with Crippen molar-refractivity contribution in [2.75, 3.05) is 12.0 Å². The van der Waals surface area contributed by atoms with E-state index in [9.17, 15) is 14.4 Å². The minimum atomic E-state index is -0.405. The van der Waals surface area contributed by atoms with Gasteiger partial charge in [0.25, 0.3) is 5.91 Å². The number of hydrogen-bond donors (Lipinski definition) is 1. The van der Waals surface area contributed by atoms with Crippen molar-refractivity contribution in [1.82, 2.24) is 4.68 Å². The van der Waals surface area contributed by atoms with Gasteiger partial charge in [0.05, 0.1) is 6.42 Å². The van der Waals surface area contributed by atoms with Crippen LogP contribution in [0.5, 0.6) is 0 Å². The number of carbonyl (C=O) groups is 3. The minimum Gasteiger partial charge on any atom is -0.457 e. The molecule has 0 aliphatic rings. The van der Waals surface area contributed by atoms with Gasteiger partial charge in [-0.25, -0.2) is 0 Å². The van der Waals surface area contributed by atoms with E-state index in [0.717, 1.165) is 4.88 Å². The third-order valence-corrected chi connectivity index (χ3v) is 5.44. The number of benzene rings is 1. The van der Waals surface area contributed by atoms with Crippen molar-refractivity contribution >= 4 is 29.0 Å². The molecule has 2 heterocycles. The summed E-state index contributed by atoms with van der Waals surface area (Å²) in [5.41, 5.74) is 5.03. The number of aryl methyl sites for hydroxylation is 2. The van der Waals surface area contributed by atoms with Gasteiger partial charge in [-0.15, -0.1) is 11.3 Å². The van der Waals surface area contributed by atoms with Crippen molar-refractivity contribution in [2.45, 2.75) is 26.7 Å². The number of ketones is 1. The van der Waals surface area contributed by atoms with Crippen LogP contribution < -0.4 is 5.43 Å². The third kappa shape index (κ3) is 5.20. The zero-order valence-electron chi connectivity index (χ0n) is 16.3. The maximum atomic E-state index is 12.5. The van der Waals surface area contributed by atoms with E-state index in [0.29, 0.717) is 28.9 Å². The van der Waals surface area contributed by atoms with Crippen LogP contribution in [-0.2, 0) is 16.0 Å². The van der Waals surface area contributed by atoms with E-state index < -0.39 is 5.97 Å². The molecule has 3 aromatic rings. The largest absolute Gasteiger partial charge is 0.457 e. The quantitative estimate of drug-likeness (QED) is 0.451. The van der Waals surface area contributed by atoms with Gasteiger partial charge in [-0.05, 0) is 49.9 Å². The maximum absolute atomic E-state index is 12.5. The highest BCUT2D eigenvalue weighted by Crippen LogP contribution is 2.16. The second-order valence-corrected chi connectivity index (χ2v) is 7.62. The van der Waals surface area contributed by atoms with Crippen LogP contribution in [0.15, 0.2) is 53.9 Å². The summed E-state index contributed by atoms with van der Waals surface area (Å²) in [4.78, 5) is 37.9. The van der Waals surface area contributed by atoms with Crippen LogP contribution >= 0.6 is 11.3 Å². The molecule has 7 heteroatoms. The fourth-order valence-electron chi connectivity index (χ4n) is 2.95. The van der Waals surface area contributed by atoms with Gasteiger partial charge >= 0.3 is 5.97 Å². The first kappa shape index (κ1) is 20.5. The Morgan fingerprint density at radius 3 is 2.52 bits per heavy atom. The average molecular weight is 410 g/mol. The van der Waals surface area contributed by atoms with Crippen molar-refractivity contribution in [2.24, 2.45) is 0 Å². The highest BCUT2D eigenvalue weighted by molar-refractivity contribution is 7.09. The molecule has 2 aromatic heterocycles. The number of nitrogens with zero attached hydrogens (tertiary/aromatic N) is 1. The molecule has 1 amide bonds. The van der Waals surface area contributed by atoms with Gasteiger partial charge in [0.15, 0.2) is 6.61 Å². The molecule has 6 nitrogen and oxygen atoms in total. The molecule has 3 rings (SSSR count). The molecule has 0 fully saturated rings. The van der Waals surface area contributed by atoms with E-state index in [4.69, 9.17) is 4.74 Å². The molecule has 0 radical (unpaired) electrons. The number of esters is 1. The number of carbonyl (C=O) groups excluding carboxylic acids is 3.